The lowest BCUT2D eigenvalue weighted by Crippen LogP contribution is -2.53. The van der Waals surface area contributed by atoms with Crippen molar-refractivity contribution in [3.63, 3.8) is 0 Å². The van der Waals surface area contributed by atoms with E-state index >= 15 is 0 Å². The lowest BCUT2D eigenvalue weighted by atomic mass is 10.1. The Labute approximate surface area is 91.4 Å². The summed E-state index contributed by atoms with van der Waals surface area (Å²) in [5.41, 5.74) is -0.391. The zero-order valence-electron chi connectivity index (χ0n) is 10.1. The first-order valence-corrected chi connectivity index (χ1v) is 5.49. The number of amides is 1. The second-order valence-electron chi connectivity index (χ2n) is 5.54. The van der Waals surface area contributed by atoms with E-state index < -0.39 is 0 Å². The lowest BCUT2D eigenvalue weighted by Gasteiger charge is -2.26. The van der Waals surface area contributed by atoms with Crippen LogP contribution in [0.1, 0.15) is 40.5 Å². The quantitative estimate of drug-likeness (QED) is 0.635. The number of aliphatic hydroxyl groups is 1. The molecule has 4 heteroatoms. The van der Waals surface area contributed by atoms with Gasteiger partial charge in [-0.3, -0.25) is 10.1 Å². The summed E-state index contributed by atoms with van der Waals surface area (Å²) in [6.45, 7) is 7.81. The molecular formula is C11H22N2O2. The SMILES string of the molecule is CC(NC1(CO)CC1)C(=O)NC(C)(C)C. The highest BCUT2D eigenvalue weighted by atomic mass is 16.3. The molecule has 0 aromatic heterocycles. The molecule has 1 fully saturated rings. The van der Waals surface area contributed by atoms with Gasteiger partial charge in [-0.05, 0) is 40.5 Å². The van der Waals surface area contributed by atoms with Crippen LogP contribution in [0.5, 0.6) is 0 Å². The van der Waals surface area contributed by atoms with Crippen molar-refractivity contribution in [3.05, 3.63) is 0 Å². The summed E-state index contributed by atoms with van der Waals surface area (Å²) in [5.74, 6) is -0.0118. The van der Waals surface area contributed by atoms with E-state index in [1.165, 1.54) is 0 Å². The molecule has 0 saturated heterocycles. The molecule has 0 aliphatic heterocycles. The van der Waals surface area contributed by atoms with Gasteiger partial charge in [-0.15, -0.1) is 0 Å². The third-order valence-electron chi connectivity index (χ3n) is 2.57. The number of carbonyl (C=O) groups is 1. The minimum Gasteiger partial charge on any atom is -0.394 e. The first kappa shape index (κ1) is 12.5. The molecule has 1 unspecified atom stereocenters. The molecule has 3 N–H and O–H groups in total. The van der Waals surface area contributed by atoms with Crippen LogP contribution < -0.4 is 10.6 Å². The molecule has 0 radical (unpaired) electrons. The van der Waals surface area contributed by atoms with Gasteiger partial charge in [0.15, 0.2) is 0 Å². The topological polar surface area (TPSA) is 61.4 Å². The Morgan fingerprint density at radius 1 is 1.47 bits per heavy atom. The van der Waals surface area contributed by atoms with Gasteiger partial charge in [0.2, 0.25) is 5.91 Å². The maximum Gasteiger partial charge on any atom is 0.237 e. The highest BCUT2D eigenvalue weighted by Crippen LogP contribution is 2.34. The van der Waals surface area contributed by atoms with E-state index in [2.05, 4.69) is 10.6 Å². The van der Waals surface area contributed by atoms with Crippen molar-refractivity contribution in [1.82, 2.24) is 10.6 Å². The van der Waals surface area contributed by atoms with Gasteiger partial charge < -0.3 is 10.4 Å². The molecule has 0 spiro atoms. The molecule has 1 aliphatic rings. The van der Waals surface area contributed by atoms with Crippen molar-refractivity contribution in [2.24, 2.45) is 0 Å². The second kappa shape index (κ2) is 4.10. The van der Waals surface area contributed by atoms with E-state index in [-0.39, 0.29) is 29.6 Å². The molecule has 1 aliphatic carbocycles. The van der Waals surface area contributed by atoms with Gasteiger partial charge in [0.25, 0.3) is 0 Å². The van der Waals surface area contributed by atoms with Crippen molar-refractivity contribution >= 4 is 5.91 Å². The average molecular weight is 214 g/mol. The number of aliphatic hydroxyl groups excluding tert-OH is 1. The third-order valence-corrected chi connectivity index (χ3v) is 2.57. The molecule has 1 atom stereocenters. The van der Waals surface area contributed by atoms with Gasteiger partial charge >= 0.3 is 0 Å². The summed E-state index contributed by atoms with van der Waals surface area (Å²) >= 11 is 0. The third kappa shape index (κ3) is 3.80. The molecule has 1 saturated carbocycles. The molecular weight excluding hydrogens is 192 g/mol. The monoisotopic (exact) mass is 214 g/mol. The van der Waals surface area contributed by atoms with Crippen molar-refractivity contribution in [2.75, 3.05) is 6.61 Å². The van der Waals surface area contributed by atoms with Crippen LogP contribution in [0.2, 0.25) is 0 Å². The van der Waals surface area contributed by atoms with Crippen molar-refractivity contribution < 1.29 is 9.90 Å². The number of carbonyl (C=O) groups excluding carboxylic acids is 1. The molecule has 15 heavy (non-hydrogen) atoms. The van der Waals surface area contributed by atoms with Crippen LogP contribution in [-0.4, -0.2) is 34.7 Å². The zero-order valence-corrected chi connectivity index (χ0v) is 10.1. The van der Waals surface area contributed by atoms with Crippen LogP contribution in [-0.2, 0) is 4.79 Å². The fraction of sp³-hybridized carbons (Fsp3) is 0.909. The van der Waals surface area contributed by atoms with Crippen LogP contribution in [0.15, 0.2) is 0 Å². The zero-order chi connectivity index (χ0) is 11.7. The van der Waals surface area contributed by atoms with Crippen molar-refractivity contribution in [2.45, 2.75) is 57.7 Å². The van der Waals surface area contributed by atoms with E-state index in [4.69, 9.17) is 5.11 Å². The minimum absolute atomic E-state index is 0.0118. The molecule has 0 aromatic carbocycles. The summed E-state index contributed by atoms with van der Waals surface area (Å²) in [6.07, 6.45) is 1.91. The summed E-state index contributed by atoms with van der Waals surface area (Å²) in [5, 5.41) is 15.2. The predicted molar refractivity (Wildman–Crippen MR) is 59.5 cm³/mol. The van der Waals surface area contributed by atoms with Crippen LogP contribution in [0, 0.1) is 0 Å². The van der Waals surface area contributed by atoms with E-state index in [1.807, 2.05) is 27.7 Å². The number of nitrogens with one attached hydrogen (secondary N) is 2. The van der Waals surface area contributed by atoms with Gasteiger partial charge in [0.05, 0.1) is 12.6 Å². The Bertz CT molecular complexity index is 241. The average Bonchev–Trinajstić information content (AvgIpc) is 2.82. The molecule has 1 amide bonds. The van der Waals surface area contributed by atoms with Crippen LogP contribution in [0.4, 0.5) is 0 Å². The molecule has 4 nitrogen and oxygen atoms in total. The Morgan fingerprint density at radius 2 is 2.00 bits per heavy atom. The van der Waals surface area contributed by atoms with E-state index in [0.29, 0.717) is 0 Å². The van der Waals surface area contributed by atoms with Crippen LogP contribution in [0.3, 0.4) is 0 Å². The molecule has 0 aromatic rings. The maximum atomic E-state index is 11.7. The van der Waals surface area contributed by atoms with E-state index in [1.54, 1.807) is 0 Å². The van der Waals surface area contributed by atoms with Crippen LogP contribution in [0.25, 0.3) is 0 Å². The second-order valence-corrected chi connectivity index (χ2v) is 5.54. The molecule has 88 valence electrons. The Morgan fingerprint density at radius 3 is 2.33 bits per heavy atom. The fourth-order valence-corrected chi connectivity index (χ4v) is 1.50. The van der Waals surface area contributed by atoms with Gasteiger partial charge in [-0.25, -0.2) is 0 Å². The number of hydrogen-bond acceptors (Lipinski definition) is 3. The number of hydrogen-bond donors (Lipinski definition) is 3. The van der Waals surface area contributed by atoms with Gasteiger partial charge in [0, 0.05) is 11.1 Å². The summed E-state index contributed by atoms with van der Waals surface area (Å²) < 4.78 is 0. The van der Waals surface area contributed by atoms with E-state index in [0.717, 1.165) is 12.8 Å². The van der Waals surface area contributed by atoms with Crippen LogP contribution >= 0.6 is 0 Å². The van der Waals surface area contributed by atoms with Gasteiger partial charge in [-0.2, -0.15) is 0 Å². The highest BCUT2D eigenvalue weighted by Gasteiger charge is 2.43. The lowest BCUT2D eigenvalue weighted by molar-refractivity contribution is -0.124. The molecule has 0 heterocycles. The first-order chi connectivity index (χ1) is 6.78. The Balaban J connectivity index is 2.40. The van der Waals surface area contributed by atoms with Crippen molar-refractivity contribution in [1.29, 1.82) is 0 Å². The first-order valence-electron chi connectivity index (χ1n) is 5.49. The maximum absolute atomic E-state index is 11.7. The van der Waals surface area contributed by atoms with Gasteiger partial charge in [-0.1, -0.05) is 0 Å². The molecule has 0 bridgehead atoms. The normalized spacial score (nSPS) is 20.9. The largest absolute Gasteiger partial charge is 0.394 e. The summed E-state index contributed by atoms with van der Waals surface area (Å²) in [6, 6.07) is -0.251. The fourth-order valence-electron chi connectivity index (χ4n) is 1.50. The standard InChI is InChI=1S/C11H22N2O2/c1-8(9(15)13-10(2,3)4)12-11(7-14)5-6-11/h8,12,14H,5-7H2,1-4H3,(H,13,15). The Hall–Kier alpha value is -0.610. The predicted octanol–water partition coefficient (Wildman–Crippen LogP) is 0.404. The van der Waals surface area contributed by atoms with Gasteiger partial charge in [0.1, 0.15) is 0 Å². The van der Waals surface area contributed by atoms with E-state index in [9.17, 15) is 4.79 Å². The molecule has 1 rings (SSSR count). The smallest absolute Gasteiger partial charge is 0.237 e. The Kier molecular flexibility index (Phi) is 3.41. The van der Waals surface area contributed by atoms with Crippen molar-refractivity contribution in [3.8, 4) is 0 Å². The highest BCUT2D eigenvalue weighted by molar-refractivity contribution is 5.82. The summed E-state index contributed by atoms with van der Waals surface area (Å²) in [7, 11) is 0. The minimum atomic E-state index is -0.251. The summed E-state index contributed by atoms with van der Waals surface area (Å²) in [4.78, 5) is 11.7. The number of rotatable bonds is 4.